The number of nitrogens with one attached hydrogen (secondary N) is 1. The Hall–Kier alpha value is -1.67. The topological polar surface area (TPSA) is 219 Å². The molecule has 0 bridgehead atoms. The molecule has 0 amide bonds. The van der Waals surface area contributed by atoms with E-state index < -0.39 is 47.2 Å². The molecule has 0 saturated carbocycles. The number of azo groups is 1. The Labute approximate surface area is 281 Å². The van der Waals surface area contributed by atoms with Crippen LogP contribution in [0.5, 0.6) is 11.5 Å². The van der Waals surface area contributed by atoms with Crippen molar-refractivity contribution in [3.63, 3.8) is 0 Å². The molecular weight excluding hydrogens is 633 g/mol. The van der Waals surface area contributed by atoms with Gasteiger partial charge in [0.2, 0.25) is 16.5 Å². The Morgan fingerprint density at radius 1 is 0.875 bits per heavy atom. The zero-order chi connectivity index (χ0) is 27.8. The van der Waals surface area contributed by atoms with E-state index >= 15 is 0 Å². The molecule has 0 atom stereocenters. The number of methoxy groups -OCH3 is 1. The summed E-state index contributed by atoms with van der Waals surface area (Å²) in [6, 6.07) is 8.35. The van der Waals surface area contributed by atoms with E-state index in [4.69, 9.17) is 27.9 Å². The van der Waals surface area contributed by atoms with Crippen LogP contribution >= 0.6 is 23.2 Å². The number of benzene rings is 3. The fraction of sp³-hybridized carbons (Fsp3) is 0.0500. The molecule has 20 heteroatoms. The van der Waals surface area contributed by atoms with E-state index in [1.54, 1.807) is 0 Å². The van der Waals surface area contributed by atoms with Gasteiger partial charge in [-0.3, -0.25) is 0 Å². The fourth-order valence-corrected chi connectivity index (χ4v) is 4.87. The van der Waals surface area contributed by atoms with Crippen LogP contribution in [0, 0.1) is 0 Å². The molecule has 0 fully saturated rings. The summed E-state index contributed by atoms with van der Waals surface area (Å²) in [5, 5.41) is 20.5. The minimum Gasteiger partial charge on any atom is -0.744 e. The van der Waals surface area contributed by atoms with Crippen LogP contribution in [-0.2, 0) is 20.2 Å². The number of ether oxygens (including phenoxy) is 1. The van der Waals surface area contributed by atoms with Crippen LogP contribution in [0.4, 0.5) is 23.0 Å². The fourth-order valence-electron chi connectivity index (χ4n) is 3.24. The van der Waals surface area contributed by atoms with Crippen molar-refractivity contribution in [2.24, 2.45) is 10.2 Å². The van der Waals surface area contributed by atoms with Crippen LogP contribution in [0.3, 0.4) is 0 Å². The summed E-state index contributed by atoms with van der Waals surface area (Å²) >= 11 is 11.5. The van der Waals surface area contributed by atoms with Crippen molar-refractivity contribution in [3.8, 4) is 11.5 Å². The number of fused-ring (bicyclic) bond motifs is 1. The predicted octanol–water partition coefficient (Wildman–Crippen LogP) is -1.98. The van der Waals surface area contributed by atoms with Gasteiger partial charge in [0.15, 0.2) is 5.75 Å². The van der Waals surface area contributed by atoms with Crippen LogP contribution in [0.15, 0.2) is 62.5 Å². The van der Waals surface area contributed by atoms with Gasteiger partial charge in [-0.15, -0.1) is 10.2 Å². The first-order chi connectivity index (χ1) is 17.8. The third-order valence-corrected chi connectivity index (χ3v) is 6.90. The Morgan fingerprint density at radius 2 is 1.50 bits per heavy atom. The monoisotopic (exact) mass is 644 g/mol. The maximum atomic E-state index is 12.0. The van der Waals surface area contributed by atoms with E-state index in [2.05, 4.69) is 30.5 Å². The summed E-state index contributed by atoms with van der Waals surface area (Å²) in [5.41, 5.74) is -0.958. The molecule has 0 aliphatic rings. The molecule has 198 valence electrons. The molecule has 0 spiro atoms. The second kappa shape index (κ2) is 13.5. The molecule has 1 aromatic heterocycles. The Morgan fingerprint density at radius 3 is 2.08 bits per heavy atom. The molecule has 0 radical (unpaired) electrons. The van der Waals surface area contributed by atoms with Gasteiger partial charge < -0.3 is 24.3 Å². The summed E-state index contributed by atoms with van der Waals surface area (Å²) in [5.74, 6) is -0.760. The average Bonchev–Trinajstić information content (AvgIpc) is 2.81. The van der Waals surface area contributed by atoms with Crippen LogP contribution in [0.2, 0.25) is 10.6 Å². The number of phenols is 1. The minimum atomic E-state index is -5.24. The molecule has 4 rings (SSSR count). The number of phenolic OH excluding ortho intramolecular Hbond substituents is 1. The van der Waals surface area contributed by atoms with Gasteiger partial charge in [0.05, 0.1) is 16.9 Å². The third-order valence-electron chi connectivity index (χ3n) is 4.85. The zero-order valence-corrected chi connectivity index (χ0v) is 27.8. The third kappa shape index (κ3) is 7.99. The summed E-state index contributed by atoms with van der Waals surface area (Å²) in [4.78, 5) is 9.51. The molecule has 40 heavy (non-hydrogen) atoms. The van der Waals surface area contributed by atoms with Gasteiger partial charge in [-0.1, -0.05) is 0 Å². The van der Waals surface area contributed by atoms with Crippen molar-refractivity contribution in [1.29, 1.82) is 0 Å². The zero-order valence-electron chi connectivity index (χ0n) is 20.7. The molecule has 0 saturated heterocycles. The van der Waals surface area contributed by atoms with Gasteiger partial charge >= 0.3 is 59.1 Å². The molecule has 0 unspecified atom stereocenters. The van der Waals surface area contributed by atoms with Crippen molar-refractivity contribution in [2.75, 3.05) is 12.4 Å². The SMILES string of the molecule is COc1ccc(N=Nc2c(S(=O)(=O)[O-])cc3cc(Nc4nc(Cl)nc(Cl)n4)ccc3c2O)c(S(=O)(=O)[O-])c1.[Na+].[Na+]. The normalized spacial score (nSPS) is 11.6. The number of rotatable bonds is 7. The number of halogens is 2. The minimum absolute atomic E-state index is 0. The van der Waals surface area contributed by atoms with Crippen LogP contribution in [0.1, 0.15) is 0 Å². The summed E-state index contributed by atoms with van der Waals surface area (Å²) in [6.07, 6.45) is 0. The summed E-state index contributed by atoms with van der Waals surface area (Å²) in [7, 11) is -9.05. The summed E-state index contributed by atoms with van der Waals surface area (Å²) < 4.78 is 75.9. The Kier molecular flexibility index (Phi) is 11.7. The maximum Gasteiger partial charge on any atom is 1.00 e. The number of hydrogen-bond donors (Lipinski definition) is 2. The molecule has 4 aromatic rings. The molecule has 1 heterocycles. The Bertz CT molecular complexity index is 1830. The predicted molar refractivity (Wildman–Crippen MR) is 132 cm³/mol. The second-order valence-corrected chi connectivity index (χ2v) is 10.6. The first kappa shape index (κ1) is 34.5. The van der Waals surface area contributed by atoms with Crippen LogP contribution in [0.25, 0.3) is 10.8 Å². The number of hydrogen-bond acceptors (Lipinski definition) is 14. The van der Waals surface area contributed by atoms with Crippen LogP contribution < -0.4 is 69.2 Å². The van der Waals surface area contributed by atoms with E-state index in [0.717, 1.165) is 18.2 Å². The van der Waals surface area contributed by atoms with Crippen molar-refractivity contribution < 1.29 is 94.9 Å². The quantitative estimate of drug-likeness (QED) is 0.127. The molecule has 3 aromatic carbocycles. The number of aromatic hydroxyl groups is 1. The van der Waals surface area contributed by atoms with Gasteiger partial charge in [0, 0.05) is 11.1 Å². The van der Waals surface area contributed by atoms with E-state index in [-0.39, 0.29) is 92.2 Å². The molecule has 14 nitrogen and oxygen atoms in total. The summed E-state index contributed by atoms with van der Waals surface area (Å²) in [6.45, 7) is 0. The number of nitrogens with zero attached hydrogens (tertiary/aromatic N) is 5. The van der Waals surface area contributed by atoms with E-state index in [9.17, 15) is 31.0 Å². The van der Waals surface area contributed by atoms with Gasteiger partial charge in [-0.2, -0.15) is 15.0 Å². The van der Waals surface area contributed by atoms with Gasteiger partial charge in [0.25, 0.3) is 0 Å². The van der Waals surface area contributed by atoms with Crippen molar-refractivity contribution in [3.05, 3.63) is 53.0 Å². The molecule has 0 aliphatic carbocycles. The molecular formula is C20H12Cl2N6Na2O8S2. The maximum absolute atomic E-state index is 12.0. The Balaban J connectivity index is 0.00000280. The number of aromatic nitrogens is 3. The van der Waals surface area contributed by atoms with Gasteiger partial charge in [-0.05, 0) is 71.1 Å². The average molecular weight is 645 g/mol. The first-order valence-corrected chi connectivity index (χ1v) is 13.5. The van der Waals surface area contributed by atoms with Crippen molar-refractivity contribution in [1.82, 2.24) is 15.0 Å². The smallest absolute Gasteiger partial charge is 0.744 e. The molecule has 2 N–H and O–H groups in total. The molecule has 0 aliphatic heterocycles. The standard InChI is InChI=1S/C20H14Cl2N6O8S2.2Na/c1-36-11-3-5-13(14(8-11)37(30,31)32)27-28-16-15(38(33,34)35)7-9-6-10(2-4-12(9)17(16)29)23-20-25-18(21)24-19(22)26-20;;/h2-8,29H,1H3,(H,30,31,32)(H,33,34,35)(H,23,24,25,26);;/q;2*+1/p-2. The van der Waals surface area contributed by atoms with E-state index in [1.165, 1.54) is 31.4 Å². The van der Waals surface area contributed by atoms with E-state index in [0.29, 0.717) is 5.69 Å². The second-order valence-electron chi connectivity index (χ2n) is 7.27. The first-order valence-electron chi connectivity index (χ1n) is 9.91. The van der Waals surface area contributed by atoms with Crippen molar-refractivity contribution >= 4 is 77.2 Å². The van der Waals surface area contributed by atoms with Gasteiger partial charge in [-0.25, -0.2) is 16.8 Å². The van der Waals surface area contributed by atoms with E-state index in [1.807, 2.05) is 0 Å². The van der Waals surface area contributed by atoms with Crippen LogP contribution in [-0.4, -0.2) is 53.1 Å². The van der Waals surface area contributed by atoms with Gasteiger partial charge in [0.1, 0.15) is 37.4 Å². The largest absolute Gasteiger partial charge is 1.00 e. The van der Waals surface area contributed by atoms with Crippen molar-refractivity contribution in [2.45, 2.75) is 9.79 Å². The number of anilines is 2.